The van der Waals surface area contributed by atoms with Gasteiger partial charge in [-0.3, -0.25) is 19.6 Å². The van der Waals surface area contributed by atoms with E-state index in [0.29, 0.717) is 29.9 Å². The van der Waals surface area contributed by atoms with Gasteiger partial charge in [0.1, 0.15) is 16.7 Å². The second kappa shape index (κ2) is 7.39. The lowest BCUT2D eigenvalue weighted by atomic mass is 9.96. The van der Waals surface area contributed by atoms with Crippen molar-refractivity contribution in [2.24, 2.45) is 5.92 Å². The molecule has 0 aliphatic carbocycles. The molecule has 1 saturated heterocycles. The van der Waals surface area contributed by atoms with Gasteiger partial charge in [0.2, 0.25) is 0 Å². The molecule has 0 radical (unpaired) electrons. The average Bonchev–Trinajstić information content (AvgIpc) is 3.53. The van der Waals surface area contributed by atoms with Crippen LogP contribution in [0.2, 0.25) is 0 Å². The Hall–Kier alpha value is -3.30. The normalized spacial score (nSPS) is 21.8. The fourth-order valence-electron chi connectivity index (χ4n) is 4.75. The summed E-state index contributed by atoms with van der Waals surface area (Å²) < 4.78 is 16.3. The van der Waals surface area contributed by atoms with Gasteiger partial charge in [-0.05, 0) is 30.5 Å². The zero-order valence-electron chi connectivity index (χ0n) is 17.0. The van der Waals surface area contributed by atoms with Crippen LogP contribution in [-0.4, -0.2) is 45.8 Å². The summed E-state index contributed by atoms with van der Waals surface area (Å²) in [5, 5.41) is 13.9. The van der Waals surface area contributed by atoms with Crippen molar-refractivity contribution in [3.8, 4) is 0 Å². The lowest BCUT2D eigenvalue weighted by Crippen LogP contribution is -2.39. The number of thiophene rings is 1. The van der Waals surface area contributed by atoms with Crippen molar-refractivity contribution < 1.29 is 14.0 Å². The fourth-order valence-corrected chi connectivity index (χ4v) is 5.52. The highest BCUT2D eigenvalue weighted by Crippen LogP contribution is 2.38. The van der Waals surface area contributed by atoms with Crippen LogP contribution in [0.15, 0.2) is 41.9 Å². The van der Waals surface area contributed by atoms with Crippen LogP contribution in [0.25, 0.3) is 32.3 Å². The van der Waals surface area contributed by atoms with Crippen molar-refractivity contribution in [2.75, 3.05) is 13.1 Å². The van der Waals surface area contributed by atoms with Gasteiger partial charge in [-0.25, -0.2) is 4.39 Å². The topological polar surface area (TPSA) is 91.8 Å². The Morgan fingerprint density at radius 2 is 1.97 bits per heavy atom. The molecule has 2 amide bonds. The summed E-state index contributed by atoms with van der Waals surface area (Å²) >= 11 is 1.54. The Bertz CT molecular complexity index is 1410. The molecule has 7 nitrogen and oxygen atoms in total. The second-order valence-corrected chi connectivity index (χ2v) is 9.13. The molecule has 3 N–H and O–H groups in total. The number of hydrogen-bond donors (Lipinski definition) is 3. The molecule has 2 unspecified atom stereocenters. The Balaban J connectivity index is 1.54. The number of halogens is 1. The molecule has 2 atom stereocenters. The van der Waals surface area contributed by atoms with Gasteiger partial charge in [0.25, 0.3) is 11.8 Å². The third-order valence-electron chi connectivity index (χ3n) is 6.35. The molecule has 3 aromatic heterocycles. The van der Waals surface area contributed by atoms with Crippen LogP contribution in [0.1, 0.15) is 17.7 Å². The Morgan fingerprint density at radius 1 is 1.12 bits per heavy atom. The van der Waals surface area contributed by atoms with Gasteiger partial charge < -0.3 is 10.3 Å². The first-order valence-corrected chi connectivity index (χ1v) is 11.5. The molecule has 9 heteroatoms. The zero-order chi connectivity index (χ0) is 21.8. The smallest absolute Gasteiger partial charge is 0.261 e. The third-order valence-corrected chi connectivity index (χ3v) is 7.19. The van der Waals surface area contributed by atoms with Crippen LogP contribution >= 0.6 is 11.3 Å². The van der Waals surface area contributed by atoms with Crippen molar-refractivity contribution in [3.05, 3.63) is 53.2 Å². The van der Waals surface area contributed by atoms with Gasteiger partial charge in [0, 0.05) is 41.5 Å². The van der Waals surface area contributed by atoms with E-state index in [1.807, 2.05) is 35.7 Å². The molecular formula is C23H20FN5O2S. The molecule has 32 heavy (non-hydrogen) atoms. The number of amides is 2. The van der Waals surface area contributed by atoms with Crippen molar-refractivity contribution in [3.63, 3.8) is 0 Å². The number of alkyl halides is 1. The summed E-state index contributed by atoms with van der Waals surface area (Å²) in [5.41, 5.74) is 2.54. The number of aromatic amines is 1. The van der Waals surface area contributed by atoms with Gasteiger partial charge in [-0.15, -0.1) is 11.3 Å². The highest BCUT2D eigenvalue weighted by atomic mass is 32.1. The summed E-state index contributed by atoms with van der Waals surface area (Å²) in [6.45, 7) is 1.53. The van der Waals surface area contributed by atoms with E-state index in [4.69, 9.17) is 5.10 Å². The van der Waals surface area contributed by atoms with Crippen molar-refractivity contribution in [1.29, 1.82) is 0 Å². The van der Waals surface area contributed by atoms with Crippen LogP contribution < -0.4 is 10.6 Å². The van der Waals surface area contributed by atoms with Crippen molar-refractivity contribution >= 4 is 55.4 Å². The molecule has 1 fully saturated rings. The number of H-pyrrole nitrogens is 1. The lowest BCUT2D eigenvalue weighted by molar-refractivity contribution is -0.122. The van der Waals surface area contributed by atoms with Gasteiger partial charge in [-0.1, -0.05) is 18.2 Å². The van der Waals surface area contributed by atoms with E-state index in [2.05, 4.69) is 15.6 Å². The van der Waals surface area contributed by atoms with Crippen LogP contribution in [0.5, 0.6) is 0 Å². The quantitative estimate of drug-likeness (QED) is 0.418. The molecule has 2 aliphatic rings. The number of aromatic nitrogens is 3. The number of carbonyl (C=O) groups is 2. The standard InChI is InChI=1S/C23H20FN5O2S/c24-16-10-25-7-5-12(16)11-29-17-4-2-1-3-14(17)20(28-29)19-18(21(30)27-22(19)31)15-9-26-23-13(15)6-8-32-23/h1-4,6,8-9,12,16,25-26H,5,7,10-11H2,(H,27,30,31). The number of imide groups is 1. The number of carbonyl (C=O) groups excluding carboxylic acids is 2. The number of piperidine rings is 1. The first kappa shape index (κ1) is 19.4. The summed E-state index contributed by atoms with van der Waals surface area (Å²) in [5.74, 6) is -1.05. The average molecular weight is 450 g/mol. The number of rotatable bonds is 4. The molecular weight excluding hydrogens is 429 g/mol. The highest BCUT2D eigenvalue weighted by Gasteiger charge is 2.36. The first-order chi connectivity index (χ1) is 15.6. The molecule has 0 bridgehead atoms. The minimum atomic E-state index is -0.951. The SMILES string of the molecule is O=C1NC(=O)C(c2nn(CC3CCNCC3F)c3ccccc23)=C1c1c[nH]c2sccc12. The maximum Gasteiger partial charge on any atom is 0.261 e. The maximum absolute atomic E-state index is 14.5. The summed E-state index contributed by atoms with van der Waals surface area (Å²) in [6, 6.07) is 9.52. The molecule has 0 spiro atoms. The van der Waals surface area contributed by atoms with E-state index < -0.39 is 18.0 Å². The summed E-state index contributed by atoms with van der Waals surface area (Å²) in [6.07, 6.45) is 1.53. The molecule has 0 saturated carbocycles. The number of nitrogens with one attached hydrogen (secondary N) is 3. The van der Waals surface area contributed by atoms with Crippen LogP contribution in [-0.2, 0) is 16.1 Å². The molecule has 5 heterocycles. The molecule has 2 aliphatic heterocycles. The fraction of sp³-hybridized carbons (Fsp3) is 0.261. The van der Waals surface area contributed by atoms with Crippen LogP contribution in [0.4, 0.5) is 4.39 Å². The molecule has 4 aromatic rings. The van der Waals surface area contributed by atoms with Gasteiger partial charge in [0.05, 0.1) is 16.7 Å². The monoisotopic (exact) mass is 449 g/mol. The maximum atomic E-state index is 14.5. The van der Waals surface area contributed by atoms with E-state index >= 15 is 0 Å². The Morgan fingerprint density at radius 3 is 2.84 bits per heavy atom. The van der Waals surface area contributed by atoms with Crippen LogP contribution in [0.3, 0.4) is 0 Å². The van der Waals surface area contributed by atoms with Gasteiger partial charge in [0.15, 0.2) is 0 Å². The minimum absolute atomic E-state index is 0.157. The molecule has 1 aromatic carbocycles. The number of hydrogen-bond acceptors (Lipinski definition) is 5. The van der Waals surface area contributed by atoms with Crippen molar-refractivity contribution in [2.45, 2.75) is 19.1 Å². The van der Waals surface area contributed by atoms with E-state index in [1.165, 1.54) is 11.3 Å². The van der Waals surface area contributed by atoms with Crippen LogP contribution in [0, 0.1) is 5.92 Å². The molecule has 162 valence electrons. The van der Waals surface area contributed by atoms with Gasteiger partial charge in [-0.2, -0.15) is 5.10 Å². The Kier molecular flexibility index (Phi) is 4.48. The number of fused-ring (bicyclic) bond motifs is 2. The second-order valence-electron chi connectivity index (χ2n) is 8.22. The Labute approximate surface area is 186 Å². The van der Waals surface area contributed by atoms with E-state index in [0.717, 1.165) is 34.1 Å². The highest BCUT2D eigenvalue weighted by molar-refractivity contribution is 7.16. The summed E-state index contributed by atoms with van der Waals surface area (Å²) in [4.78, 5) is 29.9. The zero-order valence-corrected chi connectivity index (χ0v) is 17.8. The largest absolute Gasteiger partial charge is 0.352 e. The van der Waals surface area contributed by atoms with Crippen molar-refractivity contribution in [1.82, 2.24) is 25.4 Å². The predicted molar refractivity (Wildman–Crippen MR) is 122 cm³/mol. The molecule has 6 rings (SSSR count). The number of nitrogens with zero attached hydrogens (tertiary/aromatic N) is 2. The van der Waals surface area contributed by atoms with E-state index in [1.54, 1.807) is 10.9 Å². The number of benzene rings is 1. The third kappa shape index (κ3) is 2.92. The lowest BCUT2D eigenvalue weighted by Gasteiger charge is -2.26. The first-order valence-electron chi connectivity index (χ1n) is 10.6. The van der Waals surface area contributed by atoms with E-state index in [-0.39, 0.29) is 11.5 Å². The summed E-state index contributed by atoms with van der Waals surface area (Å²) in [7, 11) is 0. The van der Waals surface area contributed by atoms with Gasteiger partial charge >= 0.3 is 0 Å². The van der Waals surface area contributed by atoms with E-state index in [9.17, 15) is 14.0 Å². The number of para-hydroxylation sites is 1. The minimum Gasteiger partial charge on any atom is -0.352 e. The predicted octanol–water partition coefficient (Wildman–Crippen LogP) is 3.09.